The quantitative estimate of drug-likeness (QED) is 0.126. The fourth-order valence-electron chi connectivity index (χ4n) is 4.70. The van der Waals surface area contributed by atoms with Gasteiger partial charge in [-0.3, -0.25) is 9.59 Å². The Balaban J connectivity index is 1.51. The first-order valence-corrected chi connectivity index (χ1v) is 13.9. The SMILES string of the molecule is CCNC(=S)Nc1cccc(N/C(=C2\C(=O)Nc3ccc(C(=O)N[C@@H](C)c4ccccc4)cc32)c2ccccc2)c1. The molecule has 5 rings (SSSR count). The maximum atomic E-state index is 13.4. The third-order valence-electron chi connectivity index (χ3n) is 6.71. The highest BCUT2D eigenvalue weighted by Gasteiger charge is 2.29. The van der Waals surface area contributed by atoms with Crippen LogP contribution in [0, 0.1) is 0 Å². The van der Waals surface area contributed by atoms with Crippen molar-refractivity contribution in [2.24, 2.45) is 0 Å². The number of nitrogens with one attached hydrogen (secondary N) is 5. The molecule has 41 heavy (non-hydrogen) atoms. The van der Waals surface area contributed by atoms with Crippen LogP contribution in [0.25, 0.3) is 11.3 Å². The normalized spacial score (nSPS) is 13.9. The topological polar surface area (TPSA) is 94.3 Å². The second kappa shape index (κ2) is 12.5. The summed E-state index contributed by atoms with van der Waals surface area (Å²) in [5.74, 6) is -0.461. The molecule has 1 aliphatic rings. The minimum atomic E-state index is -0.246. The predicted octanol–water partition coefficient (Wildman–Crippen LogP) is 6.42. The van der Waals surface area contributed by atoms with Crippen LogP contribution in [0.3, 0.4) is 0 Å². The van der Waals surface area contributed by atoms with E-state index in [1.54, 1.807) is 18.2 Å². The number of thiocarbonyl (C=S) groups is 1. The molecule has 0 radical (unpaired) electrons. The summed E-state index contributed by atoms with van der Waals surface area (Å²) in [6.45, 7) is 4.64. The fraction of sp³-hybridized carbons (Fsp3) is 0.121. The van der Waals surface area contributed by atoms with Crippen LogP contribution in [0.15, 0.2) is 103 Å². The number of carbonyl (C=O) groups is 2. The summed E-state index contributed by atoms with van der Waals surface area (Å²) in [5, 5.41) is 16.3. The van der Waals surface area contributed by atoms with Gasteiger partial charge in [-0.1, -0.05) is 66.7 Å². The molecule has 7 nitrogen and oxygen atoms in total. The van der Waals surface area contributed by atoms with Gasteiger partial charge in [-0.05, 0) is 73.6 Å². The molecule has 206 valence electrons. The number of hydrogen-bond donors (Lipinski definition) is 5. The average molecular weight is 562 g/mol. The molecule has 0 spiro atoms. The van der Waals surface area contributed by atoms with E-state index in [1.807, 2.05) is 98.8 Å². The molecule has 0 unspecified atom stereocenters. The summed E-state index contributed by atoms with van der Waals surface area (Å²) < 4.78 is 0. The number of fused-ring (bicyclic) bond motifs is 1. The molecule has 0 aliphatic carbocycles. The molecule has 0 bridgehead atoms. The lowest BCUT2D eigenvalue weighted by molar-refractivity contribution is -0.110. The molecule has 0 fully saturated rings. The zero-order valence-electron chi connectivity index (χ0n) is 22.8. The van der Waals surface area contributed by atoms with Gasteiger partial charge in [-0.2, -0.15) is 0 Å². The van der Waals surface area contributed by atoms with E-state index in [0.717, 1.165) is 22.5 Å². The van der Waals surface area contributed by atoms with Gasteiger partial charge in [0.2, 0.25) is 0 Å². The molecule has 0 saturated heterocycles. The van der Waals surface area contributed by atoms with E-state index in [4.69, 9.17) is 12.2 Å². The molecular weight excluding hydrogens is 530 g/mol. The molecule has 1 aliphatic heterocycles. The lowest BCUT2D eigenvalue weighted by Crippen LogP contribution is -2.27. The van der Waals surface area contributed by atoms with Gasteiger partial charge in [0.05, 0.1) is 17.3 Å². The van der Waals surface area contributed by atoms with E-state index in [9.17, 15) is 9.59 Å². The molecule has 2 amide bonds. The number of rotatable bonds is 8. The minimum absolute atomic E-state index is 0.172. The first-order chi connectivity index (χ1) is 19.9. The Kier molecular flexibility index (Phi) is 8.41. The molecule has 4 aromatic carbocycles. The van der Waals surface area contributed by atoms with Gasteiger partial charge in [-0.15, -0.1) is 0 Å². The van der Waals surface area contributed by atoms with E-state index in [2.05, 4.69) is 26.6 Å². The Morgan fingerprint density at radius 3 is 2.22 bits per heavy atom. The van der Waals surface area contributed by atoms with Crippen LogP contribution in [0.4, 0.5) is 17.1 Å². The molecule has 0 saturated carbocycles. The number of carbonyl (C=O) groups excluding carboxylic acids is 2. The van der Waals surface area contributed by atoms with Crippen molar-refractivity contribution < 1.29 is 9.59 Å². The summed E-state index contributed by atoms with van der Waals surface area (Å²) in [4.78, 5) is 26.7. The number of amides is 2. The van der Waals surface area contributed by atoms with Crippen molar-refractivity contribution in [3.63, 3.8) is 0 Å². The van der Waals surface area contributed by atoms with Gasteiger partial charge in [-0.25, -0.2) is 0 Å². The monoisotopic (exact) mass is 561 g/mol. The van der Waals surface area contributed by atoms with Crippen LogP contribution in [0.5, 0.6) is 0 Å². The molecule has 1 atom stereocenters. The highest BCUT2D eigenvalue weighted by molar-refractivity contribution is 7.80. The maximum Gasteiger partial charge on any atom is 0.258 e. The van der Waals surface area contributed by atoms with E-state index >= 15 is 0 Å². The van der Waals surface area contributed by atoms with E-state index in [0.29, 0.717) is 39.7 Å². The van der Waals surface area contributed by atoms with E-state index in [-0.39, 0.29) is 17.9 Å². The first kappa shape index (κ1) is 27.6. The Hall–Kier alpha value is -4.95. The fourth-order valence-corrected chi connectivity index (χ4v) is 4.96. The third-order valence-corrected chi connectivity index (χ3v) is 6.96. The van der Waals surface area contributed by atoms with Gasteiger partial charge >= 0.3 is 0 Å². The highest BCUT2D eigenvalue weighted by Crippen LogP contribution is 2.38. The molecule has 4 aromatic rings. The van der Waals surface area contributed by atoms with Gasteiger partial charge in [0, 0.05) is 34.7 Å². The largest absolute Gasteiger partial charge is 0.363 e. The number of hydrogen-bond acceptors (Lipinski definition) is 4. The van der Waals surface area contributed by atoms with E-state index < -0.39 is 0 Å². The molecule has 8 heteroatoms. The zero-order chi connectivity index (χ0) is 28.8. The van der Waals surface area contributed by atoms with Crippen LogP contribution in [-0.4, -0.2) is 23.5 Å². The highest BCUT2D eigenvalue weighted by atomic mass is 32.1. The Morgan fingerprint density at radius 1 is 0.829 bits per heavy atom. The van der Waals surface area contributed by atoms with Crippen LogP contribution >= 0.6 is 12.2 Å². The van der Waals surface area contributed by atoms with E-state index in [1.165, 1.54) is 0 Å². The lowest BCUT2D eigenvalue weighted by atomic mass is 9.98. The van der Waals surface area contributed by atoms with Crippen molar-refractivity contribution >= 4 is 57.5 Å². The number of benzene rings is 4. The van der Waals surface area contributed by atoms with Crippen LogP contribution in [0.2, 0.25) is 0 Å². The van der Waals surface area contributed by atoms with Crippen LogP contribution in [-0.2, 0) is 4.79 Å². The van der Waals surface area contributed by atoms with Gasteiger partial charge in [0.15, 0.2) is 5.11 Å². The minimum Gasteiger partial charge on any atom is -0.363 e. The molecule has 5 N–H and O–H groups in total. The molecule has 1 heterocycles. The smallest absolute Gasteiger partial charge is 0.258 e. The summed E-state index contributed by atoms with van der Waals surface area (Å²) in [6, 6.07) is 32.2. The standard InChI is InChI=1S/C33H31N5O2S/c1-3-34-33(41)37-26-16-10-15-25(20-26)36-30(23-13-8-5-9-14-23)29-27-19-24(17-18-28(27)38-32(29)40)31(39)35-21(2)22-11-6-4-7-12-22/h4-21,36H,3H2,1-2H3,(H,35,39)(H,38,40)(H2,34,37,41)/b30-29-/t21-/m0/s1. The lowest BCUT2D eigenvalue weighted by Gasteiger charge is -2.17. The van der Waals surface area contributed by atoms with Crippen molar-refractivity contribution in [2.75, 3.05) is 22.5 Å². The van der Waals surface area contributed by atoms with Crippen LogP contribution < -0.4 is 26.6 Å². The molecular formula is C33H31N5O2S. The molecule has 0 aromatic heterocycles. The van der Waals surface area contributed by atoms with Crippen LogP contribution in [0.1, 0.15) is 46.9 Å². The number of anilines is 3. The summed E-state index contributed by atoms with van der Waals surface area (Å²) in [6.07, 6.45) is 0. The Labute approximate surface area is 245 Å². The second-order valence-electron chi connectivity index (χ2n) is 9.63. The third kappa shape index (κ3) is 6.45. The zero-order valence-corrected chi connectivity index (χ0v) is 23.6. The Bertz CT molecular complexity index is 1620. The van der Waals surface area contributed by atoms with Gasteiger partial charge in [0.25, 0.3) is 11.8 Å². The van der Waals surface area contributed by atoms with Crippen molar-refractivity contribution in [3.8, 4) is 0 Å². The van der Waals surface area contributed by atoms with Crippen molar-refractivity contribution in [1.82, 2.24) is 10.6 Å². The Morgan fingerprint density at radius 2 is 1.51 bits per heavy atom. The second-order valence-corrected chi connectivity index (χ2v) is 10.0. The summed E-state index contributed by atoms with van der Waals surface area (Å²) in [5.41, 5.74) is 6.28. The average Bonchev–Trinajstić information content (AvgIpc) is 3.31. The summed E-state index contributed by atoms with van der Waals surface area (Å²) >= 11 is 5.34. The van der Waals surface area contributed by atoms with Crippen molar-refractivity contribution in [2.45, 2.75) is 19.9 Å². The maximum absolute atomic E-state index is 13.4. The predicted molar refractivity (Wildman–Crippen MR) is 171 cm³/mol. The van der Waals surface area contributed by atoms with Crippen molar-refractivity contribution in [3.05, 3.63) is 125 Å². The van der Waals surface area contributed by atoms with Crippen molar-refractivity contribution in [1.29, 1.82) is 0 Å². The first-order valence-electron chi connectivity index (χ1n) is 13.5. The van der Waals surface area contributed by atoms with Gasteiger partial charge in [0.1, 0.15) is 0 Å². The summed E-state index contributed by atoms with van der Waals surface area (Å²) in [7, 11) is 0. The van der Waals surface area contributed by atoms with Gasteiger partial charge < -0.3 is 26.6 Å².